The average molecular weight is 447 g/mol. The van der Waals surface area contributed by atoms with Crippen molar-refractivity contribution < 1.29 is 14.0 Å². The van der Waals surface area contributed by atoms with Gasteiger partial charge >= 0.3 is 0 Å². The first-order valence-electron chi connectivity index (χ1n) is 11.2. The number of amides is 2. The molecule has 1 fully saturated rings. The van der Waals surface area contributed by atoms with E-state index >= 15 is 0 Å². The molecule has 1 atom stereocenters. The predicted octanol–water partition coefficient (Wildman–Crippen LogP) is 4.78. The normalized spacial score (nSPS) is 15.8. The second-order valence-corrected chi connectivity index (χ2v) is 8.45. The van der Waals surface area contributed by atoms with Crippen LogP contribution in [0.2, 0.25) is 0 Å². The summed E-state index contributed by atoms with van der Waals surface area (Å²) in [4.78, 5) is 36.7. The maximum atomic E-state index is 13.1. The Labute approximate surface area is 192 Å². The number of nitrogens with one attached hydrogen (secondary N) is 1. The lowest BCUT2D eigenvalue weighted by Gasteiger charge is -2.35. The molecule has 0 aliphatic carbocycles. The zero-order valence-corrected chi connectivity index (χ0v) is 18.8. The van der Waals surface area contributed by atoms with Crippen molar-refractivity contribution >= 4 is 17.5 Å². The molecule has 1 aliphatic heterocycles. The van der Waals surface area contributed by atoms with Crippen LogP contribution in [0.1, 0.15) is 58.3 Å². The number of aryl methyl sites for hydroxylation is 2. The number of nitrogens with zero attached hydrogens (tertiary/aromatic N) is 3. The van der Waals surface area contributed by atoms with Crippen LogP contribution in [-0.4, -0.2) is 33.2 Å². The lowest BCUT2D eigenvalue weighted by molar-refractivity contribution is -0.134. The van der Waals surface area contributed by atoms with Crippen molar-refractivity contribution in [3.63, 3.8) is 0 Å². The van der Waals surface area contributed by atoms with Gasteiger partial charge in [0.15, 0.2) is 5.82 Å². The Morgan fingerprint density at radius 3 is 2.64 bits per heavy atom. The summed E-state index contributed by atoms with van der Waals surface area (Å²) in [5.41, 5.74) is 3.50. The number of hydrogen-bond acceptors (Lipinski definition) is 4. The second-order valence-electron chi connectivity index (χ2n) is 8.45. The largest absolute Gasteiger partial charge is 0.332 e. The number of aromatic nitrogens is 2. The molecular formula is C26H27FN4O2. The smallest absolute Gasteiger partial charge is 0.259 e. The van der Waals surface area contributed by atoms with Crippen LogP contribution in [0.5, 0.6) is 0 Å². The Morgan fingerprint density at radius 2 is 1.91 bits per heavy atom. The molecule has 6 nitrogen and oxygen atoms in total. The van der Waals surface area contributed by atoms with E-state index in [1.54, 1.807) is 6.92 Å². The van der Waals surface area contributed by atoms with Gasteiger partial charge in [-0.1, -0.05) is 29.8 Å². The molecule has 2 amide bonds. The number of anilines is 1. The van der Waals surface area contributed by atoms with Crippen LogP contribution in [0.15, 0.2) is 54.7 Å². The first kappa shape index (κ1) is 22.6. The monoisotopic (exact) mass is 446 g/mol. The highest BCUT2D eigenvalue weighted by molar-refractivity contribution is 6.04. The quantitative estimate of drug-likeness (QED) is 0.612. The van der Waals surface area contributed by atoms with E-state index in [1.807, 2.05) is 36.1 Å². The lowest BCUT2D eigenvalue weighted by Crippen LogP contribution is -2.40. The molecule has 2 aromatic carbocycles. The summed E-state index contributed by atoms with van der Waals surface area (Å²) in [6.45, 7) is 4.44. The summed E-state index contributed by atoms with van der Waals surface area (Å²) < 4.78 is 13.1. The molecule has 4 rings (SSSR count). The summed E-state index contributed by atoms with van der Waals surface area (Å²) in [5, 5.41) is 2.73. The molecule has 0 spiro atoms. The number of carbonyl (C=O) groups excluding carboxylic acids is 2. The molecule has 2 heterocycles. The van der Waals surface area contributed by atoms with Gasteiger partial charge < -0.3 is 10.2 Å². The van der Waals surface area contributed by atoms with Gasteiger partial charge in [-0.25, -0.2) is 14.4 Å². The molecule has 1 aliphatic rings. The fraction of sp³-hybridized carbons (Fsp3) is 0.308. The number of hydrogen-bond donors (Lipinski definition) is 1. The average Bonchev–Trinajstić information content (AvgIpc) is 2.80. The minimum Gasteiger partial charge on any atom is -0.332 e. The standard InChI is InChI=1S/C26H27FN4O2/c1-17-6-5-7-19(14-17)15-24(32)31-13-4-3-8-23(31)25-28-16-22(18(2)29-25)26(33)30-21-11-9-20(27)10-12-21/h5-7,9-12,14,16,23H,3-4,8,13,15H2,1-2H3,(H,30,33)/t23-/m0/s1. The number of benzene rings is 2. The number of carbonyl (C=O) groups is 2. The van der Waals surface area contributed by atoms with Crippen LogP contribution >= 0.6 is 0 Å². The van der Waals surface area contributed by atoms with E-state index in [0.29, 0.717) is 35.7 Å². The van der Waals surface area contributed by atoms with Gasteiger partial charge in [-0.05, 0) is 62.9 Å². The van der Waals surface area contributed by atoms with Gasteiger partial charge in [0.25, 0.3) is 5.91 Å². The van der Waals surface area contributed by atoms with Crippen LogP contribution in [-0.2, 0) is 11.2 Å². The minimum atomic E-state index is -0.370. The highest BCUT2D eigenvalue weighted by Crippen LogP contribution is 2.30. The van der Waals surface area contributed by atoms with Gasteiger partial charge in [0.05, 0.1) is 23.7 Å². The fourth-order valence-electron chi connectivity index (χ4n) is 4.20. The van der Waals surface area contributed by atoms with Crippen LogP contribution < -0.4 is 5.32 Å². The lowest BCUT2D eigenvalue weighted by atomic mass is 9.99. The molecule has 170 valence electrons. The third kappa shape index (κ3) is 5.42. The topological polar surface area (TPSA) is 75.2 Å². The summed E-state index contributed by atoms with van der Waals surface area (Å²) in [5.74, 6) is -0.111. The van der Waals surface area contributed by atoms with Crippen molar-refractivity contribution in [2.45, 2.75) is 45.6 Å². The van der Waals surface area contributed by atoms with Crippen molar-refractivity contribution in [2.75, 3.05) is 11.9 Å². The van der Waals surface area contributed by atoms with Gasteiger partial charge in [0, 0.05) is 18.4 Å². The molecule has 1 saturated heterocycles. The van der Waals surface area contributed by atoms with Crippen molar-refractivity contribution in [3.8, 4) is 0 Å². The SMILES string of the molecule is Cc1cccc(CC(=O)N2CCCC[C@H]2c2ncc(C(=O)Nc3ccc(F)cc3)c(C)n2)c1. The van der Waals surface area contributed by atoms with Crippen LogP contribution in [0, 0.1) is 19.7 Å². The van der Waals surface area contributed by atoms with Crippen LogP contribution in [0.3, 0.4) is 0 Å². The highest BCUT2D eigenvalue weighted by atomic mass is 19.1. The van der Waals surface area contributed by atoms with Gasteiger partial charge in [0.1, 0.15) is 5.82 Å². The fourth-order valence-corrected chi connectivity index (χ4v) is 4.20. The third-order valence-corrected chi connectivity index (χ3v) is 5.90. The molecule has 0 unspecified atom stereocenters. The summed E-state index contributed by atoms with van der Waals surface area (Å²) >= 11 is 0. The summed E-state index contributed by atoms with van der Waals surface area (Å²) in [6.07, 6.45) is 4.59. The van der Waals surface area contributed by atoms with Crippen LogP contribution in [0.4, 0.5) is 10.1 Å². The Hall–Kier alpha value is -3.61. The Kier molecular flexibility index (Phi) is 6.77. The highest BCUT2D eigenvalue weighted by Gasteiger charge is 2.30. The van der Waals surface area contributed by atoms with E-state index < -0.39 is 0 Å². The maximum absolute atomic E-state index is 13.1. The number of likely N-dealkylation sites (tertiary alicyclic amines) is 1. The summed E-state index contributed by atoms with van der Waals surface area (Å²) in [7, 11) is 0. The van der Waals surface area contributed by atoms with Gasteiger partial charge in [-0.2, -0.15) is 0 Å². The number of halogens is 1. The van der Waals surface area contributed by atoms with Gasteiger partial charge in [-0.15, -0.1) is 0 Å². The third-order valence-electron chi connectivity index (χ3n) is 5.90. The van der Waals surface area contributed by atoms with Gasteiger partial charge in [0.2, 0.25) is 5.91 Å². The second kappa shape index (κ2) is 9.90. The molecule has 0 radical (unpaired) electrons. The Morgan fingerprint density at radius 1 is 1.12 bits per heavy atom. The maximum Gasteiger partial charge on any atom is 0.259 e. The van der Waals surface area contributed by atoms with E-state index in [4.69, 9.17) is 0 Å². The first-order valence-corrected chi connectivity index (χ1v) is 11.2. The van der Waals surface area contributed by atoms with E-state index in [9.17, 15) is 14.0 Å². The minimum absolute atomic E-state index is 0.0599. The van der Waals surface area contributed by atoms with E-state index in [0.717, 1.165) is 30.4 Å². The zero-order valence-electron chi connectivity index (χ0n) is 18.8. The van der Waals surface area contributed by atoms with E-state index in [2.05, 4.69) is 15.3 Å². The van der Waals surface area contributed by atoms with Gasteiger partial charge in [-0.3, -0.25) is 9.59 Å². The predicted molar refractivity (Wildman–Crippen MR) is 124 cm³/mol. The van der Waals surface area contributed by atoms with E-state index in [1.165, 1.54) is 30.5 Å². The van der Waals surface area contributed by atoms with E-state index in [-0.39, 0.29) is 23.7 Å². The van der Waals surface area contributed by atoms with Crippen LogP contribution in [0.25, 0.3) is 0 Å². The van der Waals surface area contributed by atoms with Crippen molar-refractivity contribution in [3.05, 3.63) is 88.8 Å². The summed E-state index contributed by atoms with van der Waals surface area (Å²) in [6, 6.07) is 13.3. The molecule has 3 aromatic rings. The zero-order chi connectivity index (χ0) is 23.4. The molecule has 0 bridgehead atoms. The number of rotatable bonds is 5. The number of piperidine rings is 1. The molecule has 33 heavy (non-hydrogen) atoms. The molecule has 0 saturated carbocycles. The van der Waals surface area contributed by atoms with Crippen molar-refractivity contribution in [2.24, 2.45) is 0 Å². The molecule has 7 heteroatoms. The Bertz CT molecular complexity index is 1160. The van der Waals surface area contributed by atoms with Crippen molar-refractivity contribution in [1.29, 1.82) is 0 Å². The molecule has 1 aromatic heterocycles. The Balaban J connectivity index is 1.50. The molecular weight excluding hydrogens is 419 g/mol. The van der Waals surface area contributed by atoms with Crippen molar-refractivity contribution in [1.82, 2.24) is 14.9 Å². The first-order chi connectivity index (χ1) is 15.9. The molecule has 1 N–H and O–H groups in total.